The second-order valence-corrected chi connectivity index (χ2v) is 4.66. The number of likely N-dealkylation sites (N-methyl/N-ethyl adjacent to an activating group) is 1. The SMILES string of the molecule is CCN(C)C(=O)C(C)NCc1cnn2ccccc12. The van der Waals surface area contributed by atoms with Crippen LogP contribution in [0.2, 0.25) is 0 Å². The van der Waals surface area contributed by atoms with Gasteiger partial charge in [0.15, 0.2) is 0 Å². The maximum atomic E-state index is 11.9. The third kappa shape index (κ3) is 2.93. The Labute approximate surface area is 113 Å². The molecule has 102 valence electrons. The van der Waals surface area contributed by atoms with Crippen LogP contribution in [0.4, 0.5) is 0 Å². The summed E-state index contributed by atoms with van der Waals surface area (Å²) in [5.41, 5.74) is 2.16. The zero-order chi connectivity index (χ0) is 13.8. The van der Waals surface area contributed by atoms with Crippen LogP contribution in [0, 0.1) is 0 Å². The van der Waals surface area contributed by atoms with E-state index in [9.17, 15) is 4.79 Å². The highest BCUT2D eigenvalue weighted by atomic mass is 16.2. The van der Waals surface area contributed by atoms with Crippen LogP contribution in [-0.2, 0) is 11.3 Å². The van der Waals surface area contributed by atoms with Crippen molar-refractivity contribution >= 4 is 11.4 Å². The first kappa shape index (κ1) is 13.5. The second kappa shape index (κ2) is 5.84. The number of nitrogens with one attached hydrogen (secondary N) is 1. The number of pyridine rings is 1. The van der Waals surface area contributed by atoms with Gasteiger partial charge in [-0.25, -0.2) is 4.52 Å². The number of amides is 1. The molecule has 5 nitrogen and oxygen atoms in total. The van der Waals surface area contributed by atoms with E-state index in [2.05, 4.69) is 10.4 Å². The van der Waals surface area contributed by atoms with Crippen molar-refractivity contribution in [1.82, 2.24) is 19.8 Å². The van der Waals surface area contributed by atoms with Crippen molar-refractivity contribution in [2.75, 3.05) is 13.6 Å². The molecular weight excluding hydrogens is 240 g/mol. The molecule has 2 aromatic rings. The fourth-order valence-electron chi connectivity index (χ4n) is 1.96. The quantitative estimate of drug-likeness (QED) is 0.881. The fourth-order valence-corrected chi connectivity index (χ4v) is 1.96. The summed E-state index contributed by atoms with van der Waals surface area (Å²) in [6, 6.07) is 5.76. The molecule has 0 saturated heterocycles. The van der Waals surface area contributed by atoms with Crippen LogP contribution < -0.4 is 5.32 Å². The normalized spacial score (nSPS) is 12.6. The summed E-state index contributed by atoms with van der Waals surface area (Å²) >= 11 is 0. The topological polar surface area (TPSA) is 49.6 Å². The number of carbonyl (C=O) groups is 1. The van der Waals surface area contributed by atoms with Gasteiger partial charge in [-0.2, -0.15) is 5.10 Å². The molecule has 0 aliphatic heterocycles. The first-order chi connectivity index (χ1) is 9.13. The van der Waals surface area contributed by atoms with Gasteiger partial charge in [0.2, 0.25) is 5.91 Å². The summed E-state index contributed by atoms with van der Waals surface area (Å²) in [7, 11) is 1.82. The van der Waals surface area contributed by atoms with Gasteiger partial charge in [-0.3, -0.25) is 4.79 Å². The van der Waals surface area contributed by atoms with E-state index >= 15 is 0 Å². The van der Waals surface area contributed by atoms with Gasteiger partial charge >= 0.3 is 0 Å². The Morgan fingerprint density at radius 1 is 1.53 bits per heavy atom. The number of nitrogens with zero attached hydrogens (tertiary/aromatic N) is 3. The van der Waals surface area contributed by atoms with E-state index in [1.165, 1.54) is 0 Å². The van der Waals surface area contributed by atoms with Crippen molar-refractivity contribution in [2.24, 2.45) is 0 Å². The van der Waals surface area contributed by atoms with Crippen LogP contribution in [0.15, 0.2) is 30.6 Å². The molecule has 2 aromatic heterocycles. The number of rotatable bonds is 5. The van der Waals surface area contributed by atoms with Gasteiger partial charge in [0, 0.05) is 31.9 Å². The third-order valence-corrected chi connectivity index (χ3v) is 3.33. The highest BCUT2D eigenvalue weighted by molar-refractivity contribution is 5.81. The van der Waals surface area contributed by atoms with Crippen LogP contribution in [0.5, 0.6) is 0 Å². The standard InChI is InChI=1S/C14H20N4O/c1-4-17(3)14(19)11(2)15-9-12-10-16-18-8-6-5-7-13(12)18/h5-8,10-11,15H,4,9H2,1-3H3. The average molecular weight is 260 g/mol. The molecule has 0 radical (unpaired) electrons. The number of hydrogen-bond donors (Lipinski definition) is 1. The molecule has 19 heavy (non-hydrogen) atoms. The van der Waals surface area contributed by atoms with Crippen molar-refractivity contribution in [1.29, 1.82) is 0 Å². The monoisotopic (exact) mass is 260 g/mol. The maximum absolute atomic E-state index is 11.9. The molecule has 2 rings (SSSR count). The molecule has 5 heteroatoms. The summed E-state index contributed by atoms with van der Waals surface area (Å²) in [5.74, 6) is 0.110. The van der Waals surface area contributed by atoms with Crippen molar-refractivity contribution < 1.29 is 4.79 Å². The predicted molar refractivity (Wildman–Crippen MR) is 74.8 cm³/mol. The summed E-state index contributed by atoms with van der Waals surface area (Å²) < 4.78 is 1.83. The molecule has 1 atom stereocenters. The Morgan fingerprint density at radius 3 is 3.05 bits per heavy atom. The molecule has 0 fully saturated rings. The van der Waals surface area contributed by atoms with Gasteiger partial charge in [-0.1, -0.05) is 6.07 Å². The second-order valence-electron chi connectivity index (χ2n) is 4.66. The molecule has 0 spiro atoms. The van der Waals surface area contributed by atoms with Gasteiger partial charge in [0.25, 0.3) is 0 Å². The number of aromatic nitrogens is 2. The van der Waals surface area contributed by atoms with Gasteiger partial charge in [-0.15, -0.1) is 0 Å². The first-order valence-electron chi connectivity index (χ1n) is 6.53. The first-order valence-corrected chi connectivity index (χ1v) is 6.53. The third-order valence-electron chi connectivity index (χ3n) is 3.33. The van der Waals surface area contributed by atoms with E-state index in [1.807, 2.05) is 56.0 Å². The van der Waals surface area contributed by atoms with Crippen LogP contribution in [0.25, 0.3) is 5.52 Å². The molecule has 0 bridgehead atoms. The zero-order valence-corrected chi connectivity index (χ0v) is 11.6. The van der Waals surface area contributed by atoms with Crippen molar-refractivity contribution in [3.63, 3.8) is 0 Å². The summed E-state index contributed by atoms with van der Waals surface area (Å²) in [6.45, 7) is 5.22. The number of carbonyl (C=O) groups excluding carboxylic acids is 1. The molecule has 0 aliphatic rings. The van der Waals surface area contributed by atoms with E-state index in [4.69, 9.17) is 0 Å². The summed E-state index contributed by atoms with van der Waals surface area (Å²) in [5, 5.41) is 7.52. The molecular formula is C14H20N4O. The lowest BCUT2D eigenvalue weighted by molar-refractivity contribution is -0.131. The van der Waals surface area contributed by atoms with Gasteiger partial charge in [0.1, 0.15) is 0 Å². The van der Waals surface area contributed by atoms with E-state index in [0.717, 1.165) is 17.6 Å². The van der Waals surface area contributed by atoms with Crippen LogP contribution >= 0.6 is 0 Å². The number of fused-ring (bicyclic) bond motifs is 1. The Morgan fingerprint density at radius 2 is 2.32 bits per heavy atom. The Balaban J connectivity index is 2.01. The molecule has 0 aromatic carbocycles. The maximum Gasteiger partial charge on any atom is 0.239 e. The largest absolute Gasteiger partial charge is 0.345 e. The molecule has 1 unspecified atom stereocenters. The molecule has 1 N–H and O–H groups in total. The molecule has 0 aliphatic carbocycles. The highest BCUT2D eigenvalue weighted by Gasteiger charge is 2.16. The van der Waals surface area contributed by atoms with E-state index in [-0.39, 0.29) is 11.9 Å². The van der Waals surface area contributed by atoms with Gasteiger partial charge < -0.3 is 10.2 Å². The van der Waals surface area contributed by atoms with Crippen LogP contribution in [0.1, 0.15) is 19.4 Å². The van der Waals surface area contributed by atoms with Crippen molar-refractivity contribution in [2.45, 2.75) is 26.4 Å². The summed E-state index contributed by atoms with van der Waals surface area (Å²) in [4.78, 5) is 13.7. The number of hydrogen-bond acceptors (Lipinski definition) is 3. The Bertz CT molecular complexity index is 563. The van der Waals surface area contributed by atoms with E-state index in [1.54, 1.807) is 4.90 Å². The summed E-state index contributed by atoms with van der Waals surface area (Å²) in [6.07, 6.45) is 3.75. The predicted octanol–water partition coefficient (Wildman–Crippen LogP) is 1.29. The van der Waals surface area contributed by atoms with Crippen LogP contribution in [0.3, 0.4) is 0 Å². The fraction of sp³-hybridized carbons (Fsp3) is 0.429. The minimum atomic E-state index is -0.191. The zero-order valence-electron chi connectivity index (χ0n) is 11.6. The Hall–Kier alpha value is -1.88. The Kier molecular flexibility index (Phi) is 4.16. The lowest BCUT2D eigenvalue weighted by Crippen LogP contribution is -2.42. The van der Waals surface area contributed by atoms with E-state index < -0.39 is 0 Å². The van der Waals surface area contributed by atoms with Crippen molar-refractivity contribution in [3.05, 3.63) is 36.2 Å². The average Bonchev–Trinajstić information content (AvgIpc) is 2.86. The lowest BCUT2D eigenvalue weighted by Gasteiger charge is -2.20. The highest BCUT2D eigenvalue weighted by Crippen LogP contribution is 2.09. The molecule has 1 amide bonds. The smallest absolute Gasteiger partial charge is 0.239 e. The van der Waals surface area contributed by atoms with E-state index in [0.29, 0.717) is 6.54 Å². The van der Waals surface area contributed by atoms with Gasteiger partial charge in [0.05, 0.1) is 17.8 Å². The molecule has 0 saturated carbocycles. The van der Waals surface area contributed by atoms with Gasteiger partial charge in [-0.05, 0) is 26.0 Å². The van der Waals surface area contributed by atoms with Crippen LogP contribution in [-0.4, -0.2) is 40.1 Å². The molecule has 2 heterocycles. The minimum Gasteiger partial charge on any atom is -0.345 e. The lowest BCUT2D eigenvalue weighted by atomic mass is 10.2. The minimum absolute atomic E-state index is 0.110. The van der Waals surface area contributed by atoms with Crippen molar-refractivity contribution in [3.8, 4) is 0 Å².